The molecule has 1 amide bonds. The summed E-state index contributed by atoms with van der Waals surface area (Å²) in [4.78, 5) is 12.2. The number of amides is 1. The van der Waals surface area contributed by atoms with Gasteiger partial charge in [0.1, 0.15) is 23.1 Å². The van der Waals surface area contributed by atoms with Crippen molar-refractivity contribution in [2.45, 2.75) is 26.4 Å². The van der Waals surface area contributed by atoms with Crippen LogP contribution in [0.5, 0.6) is 0 Å². The van der Waals surface area contributed by atoms with E-state index in [2.05, 4.69) is 15.5 Å². The summed E-state index contributed by atoms with van der Waals surface area (Å²) < 4.78 is 41.6. The van der Waals surface area contributed by atoms with E-state index in [1.807, 2.05) is 0 Å². The Balaban J connectivity index is 1.69. The molecule has 0 atom stereocenters. The molecule has 0 aliphatic carbocycles. The summed E-state index contributed by atoms with van der Waals surface area (Å²) in [5.41, 5.74) is 0.710. The first-order valence-corrected chi connectivity index (χ1v) is 8.29. The maximum absolute atomic E-state index is 13.3. The van der Waals surface area contributed by atoms with Crippen LogP contribution in [0.3, 0.4) is 0 Å². The van der Waals surface area contributed by atoms with Gasteiger partial charge in [-0.2, -0.15) is 10.2 Å². The number of nitrogens with one attached hydrogen (secondary N) is 1. The van der Waals surface area contributed by atoms with Gasteiger partial charge in [0.05, 0.1) is 12.2 Å². The van der Waals surface area contributed by atoms with Crippen LogP contribution in [0.25, 0.3) is 0 Å². The number of rotatable bonds is 6. The Morgan fingerprint density at radius 3 is 2.78 bits per heavy atom. The number of anilines is 1. The molecule has 27 heavy (non-hydrogen) atoms. The Hall–Kier alpha value is -2.81. The van der Waals surface area contributed by atoms with Crippen LogP contribution in [0.1, 0.15) is 23.4 Å². The Morgan fingerprint density at radius 1 is 1.30 bits per heavy atom. The van der Waals surface area contributed by atoms with Gasteiger partial charge in [-0.15, -0.1) is 0 Å². The van der Waals surface area contributed by atoms with Crippen LogP contribution in [0.15, 0.2) is 36.5 Å². The van der Waals surface area contributed by atoms with Crippen molar-refractivity contribution in [2.24, 2.45) is 0 Å². The first-order valence-electron chi connectivity index (χ1n) is 7.91. The summed E-state index contributed by atoms with van der Waals surface area (Å²) in [6.07, 6.45) is -1.27. The summed E-state index contributed by atoms with van der Waals surface area (Å²) in [6.45, 7) is 1.41. The normalized spacial score (nSPS) is 11.2. The summed E-state index contributed by atoms with van der Waals surface area (Å²) in [5.74, 6) is -0.887. The number of carbonyl (C=O) groups excluding carboxylic acids is 1. The van der Waals surface area contributed by atoms with E-state index in [1.54, 1.807) is 19.1 Å². The SMILES string of the molecule is Cc1cc(C(F)F)n(CC(=O)Nc2nn(Cc3cccc(F)c3)cc2Cl)n1. The largest absolute Gasteiger partial charge is 0.306 e. The van der Waals surface area contributed by atoms with Crippen LogP contribution in [0.2, 0.25) is 5.02 Å². The number of nitrogens with zero attached hydrogens (tertiary/aromatic N) is 4. The summed E-state index contributed by atoms with van der Waals surface area (Å²) in [5, 5.41) is 10.7. The van der Waals surface area contributed by atoms with Crippen LogP contribution in [-0.4, -0.2) is 25.5 Å². The molecular weight excluding hydrogens is 383 g/mol. The smallest absolute Gasteiger partial charge is 0.280 e. The van der Waals surface area contributed by atoms with E-state index in [9.17, 15) is 18.0 Å². The average molecular weight is 398 g/mol. The zero-order valence-corrected chi connectivity index (χ0v) is 14.9. The third-order valence-electron chi connectivity index (χ3n) is 3.66. The molecule has 0 spiro atoms. The van der Waals surface area contributed by atoms with Crippen molar-refractivity contribution in [3.8, 4) is 0 Å². The van der Waals surface area contributed by atoms with Crippen LogP contribution in [0, 0.1) is 12.7 Å². The summed E-state index contributed by atoms with van der Waals surface area (Å²) >= 11 is 6.06. The molecule has 0 saturated carbocycles. The van der Waals surface area contributed by atoms with Crippen LogP contribution < -0.4 is 5.32 Å². The Kier molecular flexibility index (Phi) is 5.50. The van der Waals surface area contributed by atoms with E-state index in [0.29, 0.717) is 11.3 Å². The highest BCUT2D eigenvalue weighted by atomic mass is 35.5. The number of aryl methyl sites for hydroxylation is 1. The molecular formula is C17H15ClF3N5O. The lowest BCUT2D eigenvalue weighted by Crippen LogP contribution is -2.21. The molecule has 0 saturated heterocycles. The van der Waals surface area contributed by atoms with Gasteiger partial charge in [0.2, 0.25) is 5.91 Å². The van der Waals surface area contributed by atoms with E-state index in [-0.39, 0.29) is 28.9 Å². The molecule has 0 radical (unpaired) electrons. The number of benzene rings is 1. The molecule has 6 nitrogen and oxygen atoms in total. The number of hydrogen-bond donors (Lipinski definition) is 1. The zero-order chi connectivity index (χ0) is 19.6. The molecule has 0 aliphatic rings. The van der Waals surface area contributed by atoms with Gasteiger partial charge in [-0.05, 0) is 30.7 Å². The monoisotopic (exact) mass is 397 g/mol. The van der Waals surface area contributed by atoms with Crippen molar-refractivity contribution in [3.05, 3.63) is 64.3 Å². The lowest BCUT2D eigenvalue weighted by molar-refractivity contribution is -0.117. The second-order valence-electron chi connectivity index (χ2n) is 5.87. The number of hydrogen-bond acceptors (Lipinski definition) is 3. The molecule has 0 aliphatic heterocycles. The second-order valence-corrected chi connectivity index (χ2v) is 6.28. The van der Waals surface area contributed by atoms with Crippen LogP contribution in [-0.2, 0) is 17.9 Å². The van der Waals surface area contributed by atoms with Crippen molar-refractivity contribution < 1.29 is 18.0 Å². The lowest BCUT2D eigenvalue weighted by Gasteiger charge is -2.07. The molecule has 142 valence electrons. The molecule has 10 heteroatoms. The van der Waals surface area contributed by atoms with Gasteiger partial charge >= 0.3 is 0 Å². The highest BCUT2D eigenvalue weighted by molar-refractivity contribution is 6.33. The molecule has 1 aromatic carbocycles. The highest BCUT2D eigenvalue weighted by Crippen LogP contribution is 2.22. The van der Waals surface area contributed by atoms with E-state index in [4.69, 9.17) is 11.6 Å². The fourth-order valence-corrected chi connectivity index (χ4v) is 2.76. The first-order chi connectivity index (χ1) is 12.8. The van der Waals surface area contributed by atoms with Gasteiger partial charge in [-0.25, -0.2) is 13.2 Å². The minimum absolute atomic E-state index is 0.0838. The van der Waals surface area contributed by atoms with Crippen molar-refractivity contribution >= 4 is 23.3 Å². The van der Waals surface area contributed by atoms with E-state index >= 15 is 0 Å². The standard InChI is InChI=1S/C17H15ClF3N5O/c1-10-5-14(16(20)21)26(23-10)9-15(27)22-17-13(18)8-25(24-17)7-11-3-2-4-12(19)6-11/h2-6,8,16H,7,9H2,1H3,(H,22,24,27). The van der Waals surface area contributed by atoms with Gasteiger partial charge in [-0.1, -0.05) is 23.7 Å². The first kappa shape index (κ1) is 19.0. The fourth-order valence-electron chi connectivity index (χ4n) is 2.56. The topological polar surface area (TPSA) is 64.7 Å². The number of alkyl halides is 2. The predicted octanol–water partition coefficient (Wildman–Crippen LogP) is 3.81. The third-order valence-corrected chi connectivity index (χ3v) is 3.94. The molecule has 1 N–H and O–H groups in total. The highest BCUT2D eigenvalue weighted by Gasteiger charge is 2.18. The Labute approximate surface area is 157 Å². The number of carbonyl (C=O) groups is 1. The van der Waals surface area contributed by atoms with Gasteiger partial charge in [-0.3, -0.25) is 14.2 Å². The molecule has 0 unspecified atom stereocenters. The molecule has 3 rings (SSSR count). The van der Waals surface area contributed by atoms with Gasteiger partial charge in [0.25, 0.3) is 6.43 Å². The minimum Gasteiger partial charge on any atom is -0.306 e. The molecule has 2 heterocycles. The number of halogens is 4. The molecule has 2 aromatic heterocycles. The van der Waals surface area contributed by atoms with E-state index < -0.39 is 18.9 Å². The Bertz CT molecular complexity index is 969. The predicted molar refractivity (Wildman–Crippen MR) is 93.3 cm³/mol. The maximum atomic E-state index is 13.3. The lowest BCUT2D eigenvalue weighted by atomic mass is 10.2. The van der Waals surface area contributed by atoms with Crippen molar-refractivity contribution in [3.63, 3.8) is 0 Å². The van der Waals surface area contributed by atoms with Crippen LogP contribution >= 0.6 is 11.6 Å². The second kappa shape index (κ2) is 7.83. The van der Waals surface area contributed by atoms with Crippen molar-refractivity contribution in [2.75, 3.05) is 5.32 Å². The van der Waals surface area contributed by atoms with E-state index in [1.165, 1.54) is 29.1 Å². The Morgan fingerprint density at radius 2 is 2.07 bits per heavy atom. The maximum Gasteiger partial charge on any atom is 0.280 e. The molecule has 0 fully saturated rings. The van der Waals surface area contributed by atoms with E-state index in [0.717, 1.165) is 4.68 Å². The minimum atomic E-state index is -2.74. The molecule has 3 aromatic rings. The van der Waals surface area contributed by atoms with Crippen molar-refractivity contribution in [1.82, 2.24) is 19.6 Å². The summed E-state index contributed by atoms with van der Waals surface area (Å²) in [6, 6.07) is 7.21. The number of aromatic nitrogens is 4. The van der Waals surface area contributed by atoms with Gasteiger partial charge in [0.15, 0.2) is 5.82 Å². The van der Waals surface area contributed by atoms with Crippen LogP contribution in [0.4, 0.5) is 19.0 Å². The van der Waals surface area contributed by atoms with Gasteiger partial charge < -0.3 is 5.32 Å². The summed E-state index contributed by atoms with van der Waals surface area (Å²) in [7, 11) is 0. The average Bonchev–Trinajstić information content (AvgIpc) is 3.10. The van der Waals surface area contributed by atoms with Gasteiger partial charge in [0, 0.05) is 6.20 Å². The quantitative estimate of drug-likeness (QED) is 0.688. The molecule has 0 bridgehead atoms. The third kappa shape index (κ3) is 4.68. The zero-order valence-electron chi connectivity index (χ0n) is 14.2. The van der Waals surface area contributed by atoms with Crippen molar-refractivity contribution in [1.29, 1.82) is 0 Å². The fraction of sp³-hybridized carbons (Fsp3) is 0.235.